The SMILES string of the molecule is Cc1cnc(-c2cccc(OC3CC3)c2)nc1Nc1ccc2[nH]ncc2c1. The van der Waals surface area contributed by atoms with Gasteiger partial charge in [-0.15, -0.1) is 0 Å². The number of rotatable bonds is 5. The van der Waals surface area contributed by atoms with Crippen LogP contribution in [-0.2, 0) is 0 Å². The van der Waals surface area contributed by atoms with Crippen LogP contribution in [-0.4, -0.2) is 26.3 Å². The molecule has 0 radical (unpaired) electrons. The van der Waals surface area contributed by atoms with Gasteiger partial charge in [-0.05, 0) is 50.1 Å². The number of hydrogen-bond acceptors (Lipinski definition) is 5. The van der Waals surface area contributed by atoms with Crippen LogP contribution in [0.2, 0.25) is 0 Å². The van der Waals surface area contributed by atoms with Crippen LogP contribution in [0, 0.1) is 6.92 Å². The molecule has 2 N–H and O–H groups in total. The Morgan fingerprint density at radius 2 is 2.04 bits per heavy atom. The molecule has 2 aromatic carbocycles. The van der Waals surface area contributed by atoms with Crippen LogP contribution in [0.15, 0.2) is 54.9 Å². The third-order valence-electron chi connectivity index (χ3n) is 4.59. The van der Waals surface area contributed by atoms with Crippen LogP contribution >= 0.6 is 0 Å². The van der Waals surface area contributed by atoms with Crippen LogP contribution in [0.5, 0.6) is 5.75 Å². The van der Waals surface area contributed by atoms with Gasteiger partial charge in [-0.3, -0.25) is 5.10 Å². The number of fused-ring (bicyclic) bond motifs is 1. The Morgan fingerprint density at radius 1 is 1.11 bits per heavy atom. The van der Waals surface area contributed by atoms with Gasteiger partial charge in [0.05, 0.1) is 17.8 Å². The summed E-state index contributed by atoms with van der Waals surface area (Å²) in [5.41, 5.74) is 3.90. The first kappa shape index (κ1) is 15.8. The standard InChI is InChI=1S/C21H19N5O/c1-13-11-22-21(14-3-2-4-18(10-14)27-17-6-7-17)25-20(13)24-16-5-8-19-15(9-16)12-23-26-19/h2-5,8-12,17H,6-7H2,1H3,(H,23,26)(H,22,24,25). The fraction of sp³-hybridized carbons (Fsp3) is 0.190. The Balaban J connectivity index is 1.45. The predicted molar refractivity (Wildman–Crippen MR) is 105 cm³/mol. The molecule has 0 spiro atoms. The zero-order valence-corrected chi connectivity index (χ0v) is 14.9. The van der Waals surface area contributed by atoms with Gasteiger partial charge in [-0.2, -0.15) is 5.10 Å². The van der Waals surface area contributed by atoms with Gasteiger partial charge in [-0.25, -0.2) is 9.97 Å². The van der Waals surface area contributed by atoms with Crippen LogP contribution in [0.4, 0.5) is 11.5 Å². The third kappa shape index (κ3) is 3.33. The van der Waals surface area contributed by atoms with Gasteiger partial charge in [0.2, 0.25) is 0 Å². The lowest BCUT2D eigenvalue weighted by molar-refractivity contribution is 0.303. The molecule has 6 heteroatoms. The van der Waals surface area contributed by atoms with Crippen molar-refractivity contribution in [3.63, 3.8) is 0 Å². The molecule has 1 aliphatic rings. The number of nitrogens with one attached hydrogen (secondary N) is 2. The lowest BCUT2D eigenvalue weighted by atomic mass is 10.2. The molecular formula is C21H19N5O. The van der Waals surface area contributed by atoms with E-state index in [9.17, 15) is 0 Å². The number of H-pyrrole nitrogens is 1. The van der Waals surface area contributed by atoms with Crippen molar-refractivity contribution in [1.29, 1.82) is 0 Å². The molecule has 1 saturated carbocycles. The average Bonchev–Trinajstić information content (AvgIpc) is 3.37. The normalized spacial score (nSPS) is 13.7. The van der Waals surface area contributed by atoms with Gasteiger partial charge in [0.1, 0.15) is 11.6 Å². The van der Waals surface area contributed by atoms with E-state index in [0.717, 1.165) is 52.1 Å². The Morgan fingerprint density at radius 3 is 2.93 bits per heavy atom. The van der Waals surface area contributed by atoms with Crippen molar-refractivity contribution in [2.24, 2.45) is 0 Å². The summed E-state index contributed by atoms with van der Waals surface area (Å²) in [7, 11) is 0. The Bertz CT molecular complexity index is 1120. The monoisotopic (exact) mass is 357 g/mol. The smallest absolute Gasteiger partial charge is 0.161 e. The third-order valence-corrected chi connectivity index (χ3v) is 4.59. The first-order valence-electron chi connectivity index (χ1n) is 9.05. The van der Waals surface area contributed by atoms with Crippen molar-refractivity contribution in [2.75, 3.05) is 5.32 Å². The quantitative estimate of drug-likeness (QED) is 0.545. The highest BCUT2D eigenvalue weighted by molar-refractivity contribution is 5.82. The van der Waals surface area contributed by atoms with Crippen molar-refractivity contribution in [2.45, 2.75) is 25.9 Å². The van der Waals surface area contributed by atoms with E-state index in [0.29, 0.717) is 11.9 Å². The van der Waals surface area contributed by atoms with Crippen molar-refractivity contribution in [3.05, 3.63) is 60.4 Å². The number of aromatic nitrogens is 4. The van der Waals surface area contributed by atoms with E-state index < -0.39 is 0 Å². The van der Waals surface area contributed by atoms with Crippen LogP contribution in [0.1, 0.15) is 18.4 Å². The van der Waals surface area contributed by atoms with Gasteiger partial charge in [0.15, 0.2) is 5.82 Å². The van der Waals surface area contributed by atoms with Gasteiger partial charge >= 0.3 is 0 Å². The highest BCUT2D eigenvalue weighted by atomic mass is 16.5. The first-order chi connectivity index (χ1) is 13.2. The molecule has 4 aromatic rings. The molecule has 2 heterocycles. The molecular weight excluding hydrogens is 338 g/mol. The topological polar surface area (TPSA) is 75.7 Å². The van der Waals surface area contributed by atoms with E-state index in [-0.39, 0.29) is 0 Å². The molecule has 0 aliphatic heterocycles. The molecule has 1 aliphatic carbocycles. The molecule has 0 unspecified atom stereocenters. The fourth-order valence-electron chi connectivity index (χ4n) is 2.95. The first-order valence-corrected chi connectivity index (χ1v) is 9.05. The summed E-state index contributed by atoms with van der Waals surface area (Å²) in [6.45, 7) is 2.00. The summed E-state index contributed by atoms with van der Waals surface area (Å²) in [6, 6.07) is 14.0. The molecule has 6 nitrogen and oxygen atoms in total. The summed E-state index contributed by atoms with van der Waals surface area (Å²) in [5, 5.41) is 11.5. The lowest BCUT2D eigenvalue weighted by Gasteiger charge is -2.11. The molecule has 5 rings (SSSR count). The second kappa shape index (κ2) is 6.39. The fourth-order valence-corrected chi connectivity index (χ4v) is 2.95. The molecule has 134 valence electrons. The summed E-state index contributed by atoms with van der Waals surface area (Å²) in [4.78, 5) is 9.25. The predicted octanol–water partition coefficient (Wildman–Crippen LogP) is 4.61. The van der Waals surface area contributed by atoms with E-state index in [1.807, 2.05) is 61.8 Å². The van der Waals surface area contributed by atoms with E-state index in [1.165, 1.54) is 0 Å². The van der Waals surface area contributed by atoms with Gasteiger partial charge in [0.25, 0.3) is 0 Å². The second-order valence-electron chi connectivity index (χ2n) is 6.87. The minimum Gasteiger partial charge on any atom is -0.490 e. The van der Waals surface area contributed by atoms with E-state index in [2.05, 4.69) is 20.5 Å². The average molecular weight is 357 g/mol. The maximum Gasteiger partial charge on any atom is 0.161 e. The van der Waals surface area contributed by atoms with Crippen LogP contribution < -0.4 is 10.1 Å². The highest BCUT2D eigenvalue weighted by Gasteiger charge is 2.23. The number of benzene rings is 2. The summed E-state index contributed by atoms with van der Waals surface area (Å²) in [6.07, 6.45) is 6.30. The Kier molecular flexibility index (Phi) is 3.74. The molecule has 0 bridgehead atoms. The number of hydrogen-bond donors (Lipinski definition) is 2. The lowest BCUT2D eigenvalue weighted by Crippen LogP contribution is -2.00. The van der Waals surface area contributed by atoms with Crippen molar-refractivity contribution >= 4 is 22.4 Å². The van der Waals surface area contributed by atoms with E-state index in [1.54, 1.807) is 0 Å². The largest absolute Gasteiger partial charge is 0.490 e. The van der Waals surface area contributed by atoms with Crippen molar-refractivity contribution in [1.82, 2.24) is 20.2 Å². The van der Waals surface area contributed by atoms with Gasteiger partial charge in [0, 0.05) is 28.4 Å². The molecule has 27 heavy (non-hydrogen) atoms. The van der Waals surface area contributed by atoms with Crippen LogP contribution in [0.25, 0.3) is 22.3 Å². The number of nitrogens with zero attached hydrogens (tertiary/aromatic N) is 3. The number of aromatic amines is 1. The molecule has 2 aromatic heterocycles. The minimum atomic E-state index is 0.370. The minimum absolute atomic E-state index is 0.370. The Labute approximate surface area is 156 Å². The van der Waals surface area contributed by atoms with E-state index in [4.69, 9.17) is 9.72 Å². The number of aryl methyl sites for hydroxylation is 1. The summed E-state index contributed by atoms with van der Waals surface area (Å²) in [5.74, 6) is 2.34. The summed E-state index contributed by atoms with van der Waals surface area (Å²) >= 11 is 0. The maximum atomic E-state index is 5.89. The number of anilines is 2. The molecule has 0 atom stereocenters. The van der Waals surface area contributed by atoms with Gasteiger partial charge in [-0.1, -0.05) is 12.1 Å². The molecule has 1 fully saturated rings. The summed E-state index contributed by atoms with van der Waals surface area (Å²) < 4.78 is 5.89. The Hall–Kier alpha value is -3.41. The number of ether oxygens (including phenoxy) is 1. The molecule has 0 amide bonds. The zero-order valence-electron chi connectivity index (χ0n) is 14.9. The highest BCUT2D eigenvalue weighted by Crippen LogP contribution is 2.30. The molecule has 0 saturated heterocycles. The maximum absolute atomic E-state index is 5.89. The van der Waals surface area contributed by atoms with Gasteiger partial charge < -0.3 is 10.1 Å². The van der Waals surface area contributed by atoms with Crippen LogP contribution in [0.3, 0.4) is 0 Å². The van der Waals surface area contributed by atoms with Crippen molar-refractivity contribution < 1.29 is 4.74 Å². The second-order valence-corrected chi connectivity index (χ2v) is 6.87. The van der Waals surface area contributed by atoms with Crippen molar-refractivity contribution in [3.8, 4) is 17.1 Å². The van der Waals surface area contributed by atoms with E-state index >= 15 is 0 Å². The zero-order chi connectivity index (χ0) is 18.2.